The maximum atomic E-state index is 13.3. The topological polar surface area (TPSA) is 124 Å². The van der Waals surface area contributed by atoms with Crippen LogP contribution < -0.4 is 20.7 Å². The molecule has 3 rings (SSSR count). The van der Waals surface area contributed by atoms with Gasteiger partial charge in [0.15, 0.2) is 5.97 Å². The van der Waals surface area contributed by atoms with Gasteiger partial charge in [-0.05, 0) is 49.2 Å². The number of carbonyl (C=O) groups is 2. The van der Waals surface area contributed by atoms with Gasteiger partial charge in [0.25, 0.3) is 0 Å². The minimum Gasteiger partial charge on any atom is -0.481 e. The van der Waals surface area contributed by atoms with Gasteiger partial charge in [0, 0.05) is 19.5 Å². The number of halogens is 1. The Labute approximate surface area is 196 Å². The summed E-state index contributed by atoms with van der Waals surface area (Å²) in [4.78, 5) is 31.0. The van der Waals surface area contributed by atoms with Crippen LogP contribution in [-0.2, 0) is 11.3 Å². The summed E-state index contributed by atoms with van der Waals surface area (Å²) in [5.41, 5.74) is 2.65. The average Bonchev–Trinajstić information content (AvgIpc) is 2.79. The summed E-state index contributed by atoms with van der Waals surface area (Å²) in [6.07, 6.45) is 2.33. The lowest BCUT2D eigenvalue weighted by Crippen LogP contribution is -2.46. The number of rotatable bonds is 8. The van der Waals surface area contributed by atoms with Crippen molar-refractivity contribution in [3.8, 4) is 5.75 Å². The molecular formula is C24H26FN5O4. The van der Waals surface area contributed by atoms with E-state index >= 15 is 0 Å². The van der Waals surface area contributed by atoms with Crippen LogP contribution in [0.25, 0.3) is 0 Å². The second-order valence-electron chi connectivity index (χ2n) is 7.49. The first-order valence-corrected chi connectivity index (χ1v) is 10.7. The first-order valence-electron chi connectivity index (χ1n) is 10.7. The van der Waals surface area contributed by atoms with E-state index in [1.165, 1.54) is 0 Å². The number of amides is 2. The molecule has 9 nitrogen and oxygen atoms in total. The van der Waals surface area contributed by atoms with Crippen molar-refractivity contribution in [2.75, 3.05) is 6.54 Å². The van der Waals surface area contributed by atoms with Gasteiger partial charge in [0.05, 0.1) is 12.1 Å². The number of carboxylic acids is 1. The molecule has 0 saturated carbocycles. The van der Waals surface area contributed by atoms with Gasteiger partial charge in [-0.25, -0.2) is 9.79 Å². The molecule has 0 bridgehead atoms. The van der Waals surface area contributed by atoms with Crippen LogP contribution in [0.5, 0.6) is 5.75 Å². The summed E-state index contributed by atoms with van der Waals surface area (Å²) in [6, 6.07) is 14.0. The van der Waals surface area contributed by atoms with E-state index in [0.717, 1.165) is 11.1 Å². The highest BCUT2D eigenvalue weighted by Gasteiger charge is 2.10. The van der Waals surface area contributed by atoms with Gasteiger partial charge in [-0.1, -0.05) is 29.8 Å². The predicted octanol–water partition coefficient (Wildman–Crippen LogP) is 3.93. The zero-order valence-electron chi connectivity index (χ0n) is 18.7. The molecule has 0 spiro atoms. The summed E-state index contributed by atoms with van der Waals surface area (Å²) in [6.45, 7) is 2.39. The molecule has 0 saturated heterocycles. The number of ether oxygens (including phenoxy) is 1. The highest BCUT2D eigenvalue weighted by atomic mass is 19.1. The summed E-state index contributed by atoms with van der Waals surface area (Å²) in [7, 11) is 0. The Bertz CT molecular complexity index is 1100. The third-order valence-corrected chi connectivity index (χ3v) is 4.64. The Kier molecular flexibility index (Phi) is 8.73. The molecule has 0 radical (unpaired) electrons. The minimum atomic E-state index is -1.01. The van der Waals surface area contributed by atoms with Crippen molar-refractivity contribution in [2.45, 2.75) is 32.7 Å². The normalized spacial score (nSPS) is 13.4. The number of hydrogen-bond donors (Lipinski definition) is 4. The van der Waals surface area contributed by atoms with Crippen LogP contribution in [0.1, 0.15) is 30.4 Å². The maximum absolute atomic E-state index is 13.3. The quantitative estimate of drug-likeness (QED) is 0.346. The predicted molar refractivity (Wildman–Crippen MR) is 127 cm³/mol. The molecule has 0 aliphatic carbocycles. The van der Waals surface area contributed by atoms with Crippen LogP contribution in [0, 0.1) is 6.92 Å². The fraction of sp³-hybridized carbons (Fsp3) is 0.250. The van der Waals surface area contributed by atoms with Crippen molar-refractivity contribution < 1.29 is 23.8 Å². The fourth-order valence-corrected chi connectivity index (χ4v) is 2.88. The highest BCUT2D eigenvalue weighted by molar-refractivity contribution is 5.97. The molecule has 4 N–H and O–H groups in total. The van der Waals surface area contributed by atoms with E-state index in [0.29, 0.717) is 24.4 Å². The summed E-state index contributed by atoms with van der Waals surface area (Å²) in [5, 5.41) is 16.9. The summed E-state index contributed by atoms with van der Waals surface area (Å²) in [5.74, 6) is -0.608. The molecule has 0 unspecified atom stereocenters. The Morgan fingerprint density at radius 3 is 2.53 bits per heavy atom. The molecular weight excluding hydrogens is 441 g/mol. The fourth-order valence-electron chi connectivity index (χ4n) is 2.88. The van der Waals surface area contributed by atoms with E-state index in [1.807, 2.05) is 31.2 Å². The number of guanidine groups is 1. The molecule has 2 aromatic rings. The third kappa shape index (κ3) is 8.38. The van der Waals surface area contributed by atoms with Crippen molar-refractivity contribution in [1.29, 1.82) is 0 Å². The summed E-state index contributed by atoms with van der Waals surface area (Å²) < 4.78 is 18.9. The highest BCUT2D eigenvalue weighted by Crippen LogP contribution is 2.22. The maximum Gasteiger partial charge on any atom is 0.321 e. The molecule has 178 valence electrons. The largest absolute Gasteiger partial charge is 0.481 e. The number of aliphatic imine (C=N–C) groups is 2. The lowest BCUT2D eigenvalue weighted by Gasteiger charge is -2.13. The average molecular weight is 468 g/mol. The number of nitrogens with zero attached hydrogens (tertiary/aromatic N) is 2. The van der Waals surface area contributed by atoms with E-state index in [9.17, 15) is 14.0 Å². The molecule has 34 heavy (non-hydrogen) atoms. The van der Waals surface area contributed by atoms with Crippen LogP contribution in [0.2, 0.25) is 0 Å². The van der Waals surface area contributed by atoms with E-state index in [2.05, 4.69) is 25.9 Å². The number of carboxylic acid groups (broad SMARTS) is 1. The van der Waals surface area contributed by atoms with Gasteiger partial charge in [-0.3, -0.25) is 10.1 Å². The van der Waals surface area contributed by atoms with E-state index < -0.39 is 18.0 Å². The number of hydrogen-bond acceptors (Lipinski definition) is 5. The van der Waals surface area contributed by atoms with Crippen molar-refractivity contribution in [1.82, 2.24) is 16.0 Å². The minimum absolute atomic E-state index is 0.0165. The van der Waals surface area contributed by atoms with Gasteiger partial charge in [-0.2, -0.15) is 9.38 Å². The van der Waals surface area contributed by atoms with Gasteiger partial charge >= 0.3 is 12.0 Å². The first kappa shape index (κ1) is 24.4. The molecule has 2 aromatic carbocycles. The molecule has 1 aliphatic heterocycles. The van der Waals surface area contributed by atoms with E-state index in [4.69, 9.17) is 9.84 Å². The van der Waals surface area contributed by atoms with Crippen LogP contribution in [0.15, 0.2) is 70.5 Å². The molecule has 0 fully saturated rings. The van der Waals surface area contributed by atoms with Crippen LogP contribution in [-0.4, -0.2) is 35.6 Å². The number of carbonyl (C=O) groups excluding carboxylic acids is 1. The zero-order valence-corrected chi connectivity index (χ0v) is 18.7. The molecule has 0 atom stereocenters. The second-order valence-corrected chi connectivity index (χ2v) is 7.49. The van der Waals surface area contributed by atoms with Crippen LogP contribution in [0.4, 0.5) is 14.9 Å². The van der Waals surface area contributed by atoms with Crippen molar-refractivity contribution in [2.24, 2.45) is 9.98 Å². The Balaban J connectivity index is 1.68. The number of aliphatic carboxylic acids is 1. The number of aryl methyl sites for hydroxylation is 1. The number of benzene rings is 2. The second kappa shape index (κ2) is 12.1. The van der Waals surface area contributed by atoms with E-state index in [1.54, 1.807) is 30.3 Å². The number of allylic oxidation sites excluding steroid dienone is 1. The van der Waals surface area contributed by atoms with Crippen molar-refractivity contribution >= 4 is 29.6 Å². The first-order chi connectivity index (χ1) is 16.4. The molecule has 1 heterocycles. The molecule has 10 heteroatoms. The monoisotopic (exact) mass is 467 g/mol. The lowest BCUT2D eigenvalue weighted by molar-refractivity contribution is -0.136. The third-order valence-electron chi connectivity index (χ3n) is 4.64. The Hall–Kier alpha value is -4.21. The Morgan fingerprint density at radius 1 is 1.12 bits per heavy atom. The summed E-state index contributed by atoms with van der Waals surface area (Å²) >= 11 is 0. The van der Waals surface area contributed by atoms with Crippen LogP contribution >= 0.6 is 0 Å². The SMILES string of the molecule is Cc1ccc(CN/C(=N/c2ccc(OC3=CCCC(F)=N3)cc2)NC(=O)NCCC(=O)O)cc1. The molecule has 0 aromatic heterocycles. The standard InChI is InChI=1S/C24H26FN5O4/c1-16-5-7-17(8-6-16)15-27-23(30-24(33)26-14-13-22(31)32)28-18-9-11-19(12-10-18)34-21-4-2-3-20(25)29-21/h4-12H,2-3,13-15H2,1H3,(H,31,32)(H3,26,27,28,30,33). The van der Waals surface area contributed by atoms with Gasteiger partial charge in [0.2, 0.25) is 11.8 Å². The lowest BCUT2D eigenvalue weighted by atomic mass is 10.1. The molecule has 1 aliphatic rings. The Morgan fingerprint density at radius 2 is 1.85 bits per heavy atom. The van der Waals surface area contributed by atoms with Crippen molar-refractivity contribution in [3.05, 3.63) is 71.6 Å². The van der Waals surface area contributed by atoms with Gasteiger partial charge < -0.3 is 20.5 Å². The van der Waals surface area contributed by atoms with Gasteiger partial charge in [0.1, 0.15) is 5.75 Å². The van der Waals surface area contributed by atoms with Crippen LogP contribution in [0.3, 0.4) is 0 Å². The zero-order chi connectivity index (χ0) is 24.3. The smallest absolute Gasteiger partial charge is 0.321 e. The van der Waals surface area contributed by atoms with Gasteiger partial charge in [-0.15, -0.1) is 0 Å². The van der Waals surface area contributed by atoms with Crippen molar-refractivity contribution in [3.63, 3.8) is 0 Å². The van der Waals surface area contributed by atoms with E-state index in [-0.39, 0.29) is 31.2 Å². The number of urea groups is 1. The molecule has 2 amide bonds. The number of nitrogens with one attached hydrogen (secondary N) is 3.